The molecule has 1 atom stereocenters. The number of para-hydroxylation sites is 1. The van der Waals surface area contributed by atoms with Crippen LogP contribution in [0.15, 0.2) is 24.3 Å². The van der Waals surface area contributed by atoms with E-state index in [0.29, 0.717) is 6.42 Å². The number of amides is 1. The van der Waals surface area contributed by atoms with Crippen molar-refractivity contribution in [2.45, 2.75) is 40.0 Å². The fraction of sp³-hybridized carbons (Fsp3) is 0.529. The fourth-order valence-corrected chi connectivity index (χ4v) is 2.85. The summed E-state index contributed by atoms with van der Waals surface area (Å²) in [6.45, 7) is 6.55. The Hall–Kier alpha value is -1.64. The maximum absolute atomic E-state index is 12.6. The molecule has 0 N–H and O–H groups in total. The molecule has 0 aromatic heterocycles. The summed E-state index contributed by atoms with van der Waals surface area (Å²) >= 11 is 0. The van der Waals surface area contributed by atoms with Gasteiger partial charge in [0, 0.05) is 18.2 Å². The van der Waals surface area contributed by atoms with Crippen molar-refractivity contribution >= 4 is 17.4 Å². The maximum Gasteiger partial charge on any atom is 0.237 e. The molecule has 2 rings (SSSR count). The predicted molar refractivity (Wildman–Crippen MR) is 80.7 cm³/mol. The lowest BCUT2D eigenvalue weighted by atomic mass is 9.87. The van der Waals surface area contributed by atoms with Gasteiger partial charge in [-0.05, 0) is 30.9 Å². The number of rotatable bonds is 4. The maximum atomic E-state index is 12.6. The summed E-state index contributed by atoms with van der Waals surface area (Å²) in [5.74, 6) is -0.469. The molecule has 20 heavy (non-hydrogen) atoms. The first-order chi connectivity index (χ1) is 9.56. The SMILES string of the molecule is CCc1ccccc1N1CCC[C@H](C(=O)C(C)C)C1=O. The molecule has 0 unspecified atom stereocenters. The van der Waals surface area contributed by atoms with Gasteiger partial charge in [-0.15, -0.1) is 0 Å². The molecule has 1 amide bonds. The Morgan fingerprint density at radius 3 is 2.70 bits per heavy atom. The molecule has 1 aliphatic rings. The molecule has 1 saturated heterocycles. The highest BCUT2D eigenvalue weighted by Gasteiger charge is 2.35. The lowest BCUT2D eigenvalue weighted by Crippen LogP contribution is -2.45. The lowest BCUT2D eigenvalue weighted by Gasteiger charge is -2.33. The van der Waals surface area contributed by atoms with Crippen LogP contribution < -0.4 is 4.90 Å². The van der Waals surface area contributed by atoms with E-state index in [2.05, 4.69) is 13.0 Å². The second-order valence-electron chi connectivity index (χ2n) is 5.72. The van der Waals surface area contributed by atoms with Crippen LogP contribution in [0.3, 0.4) is 0 Å². The van der Waals surface area contributed by atoms with Crippen molar-refractivity contribution < 1.29 is 9.59 Å². The van der Waals surface area contributed by atoms with Crippen molar-refractivity contribution in [3.63, 3.8) is 0 Å². The number of benzene rings is 1. The Balaban J connectivity index is 2.29. The summed E-state index contributed by atoms with van der Waals surface area (Å²) in [6, 6.07) is 7.98. The Bertz CT molecular complexity index is 507. The first-order valence-corrected chi connectivity index (χ1v) is 7.49. The van der Waals surface area contributed by atoms with E-state index in [1.165, 1.54) is 5.56 Å². The van der Waals surface area contributed by atoms with E-state index in [-0.39, 0.29) is 17.6 Å². The molecular weight excluding hydrogens is 250 g/mol. The Kier molecular flexibility index (Phi) is 4.58. The van der Waals surface area contributed by atoms with Gasteiger partial charge in [0.25, 0.3) is 0 Å². The lowest BCUT2D eigenvalue weighted by molar-refractivity contribution is -0.135. The minimum absolute atomic E-state index is 0.0177. The summed E-state index contributed by atoms with van der Waals surface area (Å²) in [5.41, 5.74) is 2.14. The van der Waals surface area contributed by atoms with Gasteiger partial charge in [0.05, 0.1) is 5.92 Å². The third-order valence-electron chi connectivity index (χ3n) is 4.01. The smallest absolute Gasteiger partial charge is 0.237 e. The van der Waals surface area contributed by atoms with E-state index < -0.39 is 5.92 Å². The zero-order valence-corrected chi connectivity index (χ0v) is 12.6. The highest BCUT2D eigenvalue weighted by Crippen LogP contribution is 2.29. The second kappa shape index (κ2) is 6.21. The molecule has 3 heteroatoms. The van der Waals surface area contributed by atoms with Gasteiger partial charge in [-0.2, -0.15) is 0 Å². The number of hydrogen-bond acceptors (Lipinski definition) is 2. The quantitative estimate of drug-likeness (QED) is 0.790. The van der Waals surface area contributed by atoms with E-state index >= 15 is 0 Å². The van der Waals surface area contributed by atoms with Crippen molar-refractivity contribution in [2.24, 2.45) is 11.8 Å². The average molecular weight is 273 g/mol. The molecule has 1 aromatic carbocycles. The van der Waals surface area contributed by atoms with Crippen LogP contribution in [0.2, 0.25) is 0 Å². The molecule has 1 aliphatic heterocycles. The number of piperidine rings is 1. The standard InChI is InChI=1S/C17H23NO2/c1-4-13-8-5-6-10-15(13)18-11-7-9-14(17(18)20)16(19)12(2)3/h5-6,8,10,12,14H,4,7,9,11H2,1-3H3/t14-/m1/s1. The number of Topliss-reactive ketones (excluding diaryl/α,β-unsaturated/α-hetero) is 1. The van der Waals surface area contributed by atoms with E-state index in [4.69, 9.17) is 0 Å². The average Bonchev–Trinajstić information content (AvgIpc) is 2.46. The van der Waals surface area contributed by atoms with E-state index in [1.54, 1.807) is 0 Å². The van der Waals surface area contributed by atoms with Gasteiger partial charge in [-0.25, -0.2) is 0 Å². The predicted octanol–water partition coefficient (Wildman–Crippen LogP) is 3.22. The Morgan fingerprint density at radius 1 is 1.35 bits per heavy atom. The molecule has 0 spiro atoms. The third-order valence-corrected chi connectivity index (χ3v) is 4.01. The van der Waals surface area contributed by atoms with Crippen LogP contribution in [0.25, 0.3) is 0 Å². The molecule has 0 saturated carbocycles. The van der Waals surface area contributed by atoms with E-state index in [0.717, 1.165) is 25.1 Å². The second-order valence-corrected chi connectivity index (χ2v) is 5.72. The van der Waals surface area contributed by atoms with Gasteiger partial charge in [0.1, 0.15) is 5.78 Å². The number of hydrogen-bond donors (Lipinski definition) is 0. The highest BCUT2D eigenvalue weighted by molar-refractivity contribution is 6.09. The van der Waals surface area contributed by atoms with Crippen molar-refractivity contribution in [2.75, 3.05) is 11.4 Å². The van der Waals surface area contributed by atoms with Gasteiger partial charge in [-0.3, -0.25) is 9.59 Å². The van der Waals surface area contributed by atoms with E-state index in [1.807, 2.05) is 36.9 Å². The molecule has 3 nitrogen and oxygen atoms in total. The van der Waals surface area contributed by atoms with Crippen molar-refractivity contribution in [1.82, 2.24) is 0 Å². The van der Waals surface area contributed by atoms with Crippen LogP contribution >= 0.6 is 0 Å². The summed E-state index contributed by atoms with van der Waals surface area (Å²) in [7, 11) is 0. The van der Waals surface area contributed by atoms with Crippen LogP contribution in [0, 0.1) is 11.8 Å². The van der Waals surface area contributed by atoms with Crippen LogP contribution in [0.5, 0.6) is 0 Å². The number of nitrogens with zero attached hydrogens (tertiary/aromatic N) is 1. The van der Waals surface area contributed by atoms with Gasteiger partial charge < -0.3 is 4.90 Å². The first-order valence-electron chi connectivity index (χ1n) is 7.49. The van der Waals surface area contributed by atoms with Crippen LogP contribution in [-0.4, -0.2) is 18.2 Å². The normalized spacial score (nSPS) is 19.5. The number of anilines is 1. The largest absolute Gasteiger partial charge is 0.312 e. The third kappa shape index (κ3) is 2.77. The number of ketones is 1. The van der Waals surface area contributed by atoms with Gasteiger partial charge >= 0.3 is 0 Å². The van der Waals surface area contributed by atoms with Crippen molar-refractivity contribution in [1.29, 1.82) is 0 Å². The zero-order chi connectivity index (χ0) is 14.7. The molecule has 1 heterocycles. The molecule has 1 aromatic rings. The summed E-state index contributed by atoms with van der Waals surface area (Å²) in [5, 5.41) is 0. The monoisotopic (exact) mass is 273 g/mol. The zero-order valence-electron chi connectivity index (χ0n) is 12.6. The number of carbonyl (C=O) groups is 2. The molecule has 1 fully saturated rings. The molecule has 108 valence electrons. The Labute approximate surface area is 121 Å². The fourth-order valence-electron chi connectivity index (χ4n) is 2.85. The van der Waals surface area contributed by atoms with Gasteiger partial charge in [0.15, 0.2) is 0 Å². The van der Waals surface area contributed by atoms with Crippen LogP contribution in [0.4, 0.5) is 5.69 Å². The minimum atomic E-state index is -0.450. The first kappa shape index (κ1) is 14.8. The van der Waals surface area contributed by atoms with Crippen molar-refractivity contribution in [3.05, 3.63) is 29.8 Å². The molecule has 0 bridgehead atoms. The summed E-state index contributed by atoms with van der Waals surface area (Å²) < 4.78 is 0. The summed E-state index contributed by atoms with van der Waals surface area (Å²) in [6.07, 6.45) is 2.48. The highest BCUT2D eigenvalue weighted by atomic mass is 16.2. The number of carbonyl (C=O) groups excluding carboxylic acids is 2. The van der Waals surface area contributed by atoms with Crippen molar-refractivity contribution in [3.8, 4) is 0 Å². The van der Waals surface area contributed by atoms with Gasteiger partial charge in [0.2, 0.25) is 5.91 Å². The van der Waals surface area contributed by atoms with Crippen LogP contribution in [0.1, 0.15) is 39.2 Å². The molecular formula is C17H23NO2. The Morgan fingerprint density at radius 2 is 2.05 bits per heavy atom. The topological polar surface area (TPSA) is 37.4 Å². The minimum Gasteiger partial charge on any atom is -0.312 e. The number of aryl methyl sites for hydroxylation is 1. The van der Waals surface area contributed by atoms with E-state index in [9.17, 15) is 9.59 Å². The molecule has 0 aliphatic carbocycles. The van der Waals surface area contributed by atoms with Gasteiger partial charge in [-0.1, -0.05) is 39.0 Å². The summed E-state index contributed by atoms with van der Waals surface area (Å²) in [4.78, 5) is 26.7. The molecule has 0 radical (unpaired) electrons. The van der Waals surface area contributed by atoms with Crippen LogP contribution in [-0.2, 0) is 16.0 Å².